The van der Waals surface area contributed by atoms with Crippen molar-refractivity contribution in [1.29, 1.82) is 0 Å². The van der Waals surface area contributed by atoms with Crippen LogP contribution in [0.25, 0.3) is 0 Å². The van der Waals surface area contributed by atoms with Gasteiger partial charge in [0.1, 0.15) is 0 Å². The highest BCUT2D eigenvalue weighted by Gasteiger charge is 2.36. The number of ether oxygens (including phenoxy) is 1. The van der Waals surface area contributed by atoms with Gasteiger partial charge in [0.05, 0.1) is 6.10 Å². The maximum Gasteiger partial charge on any atom is 0.0576 e. The molecule has 0 aromatic rings. The Kier molecular flexibility index (Phi) is 8.08. The first-order valence-electron chi connectivity index (χ1n) is 8.72. The van der Waals surface area contributed by atoms with Gasteiger partial charge in [0, 0.05) is 18.2 Å². The summed E-state index contributed by atoms with van der Waals surface area (Å²) in [5, 5.41) is 3.75. The summed E-state index contributed by atoms with van der Waals surface area (Å²) in [6.45, 7) is 15.8. The molecule has 20 heavy (non-hydrogen) atoms. The Morgan fingerprint density at radius 1 is 1.25 bits per heavy atom. The largest absolute Gasteiger partial charge is 0.378 e. The van der Waals surface area contributed by atoms with Crippen LogP contribution < -0.4 is 5.32 Å². The van der Waals surface area contributed by atoms with Crippen LogP contribution in [0.4, 0.5) is 0 Å². The molecule has 3 atom stereocenters. The summed E-state index contributed by atoms with van der Waals surface area (Å²) in [5.41, 5.74) is 0.248. The molecule has 3 heteroatoms. The zero-order chi connectivity index (χ0) is 15.0. The third-order valence-corrected chi connectivity index (χ3v) is 5.20. The Morgan fingerprint density at radius 2 is 1.95 bits per heavy atom. The number of nitrogens with one attached hydrogen (secondary N) is 1. The second-order valence-corrected chi connectivity index (χ2v) is 6.21. The zero-order valence-corrected chi connectivity index (χ0v) is 14.4. The number of rotatable bonds is 10. The smallest absolute Gasteiger partial charge is 0.0576 e. The first-order valence-corrected chi connectivity index (χ1v) is 8.72. The fraction of sp³-hybridized carbons (Fsp3) is 1.00. The minimum Gasteiger partial charge on any atom is -0.378 e. The first kappa shape index (κ1) is 17.9. The van der Waals surface area contributed by atoms with Gasteiger partial charge in [0.15, 0.2) is 0 Å². The van der Waals surface area contributed by atoms with Gasteiger partial charge in [-0.2, -0.15) is 0 Å². The monoisotopic (exact) mass is 284 g/mol. The van der Waals surface area contributed by atoms with Crippen molar-refractivity contribution in [3.05, 3.63) is 0 Å². The van der Waals surface area contributed by atoms with Crippen LogP contribution in [0.1, 0.15) is 66.7 Å². The van der Waals surface area contributed by atoms with Crippen molar-refractivity contribution in [2.75, 3.05) is 26.2 Å². The molecule has 1 rings (SSSR count). The third-order valence-electron chi connectivity index (χ3n) is 5.20. The molecule has 1 fully saturated rings. The quantitative estimate of drug-likeness (QED) is 0.665. The molecule has 0 radical (unpaired) electrons. The fourth-order valence-corrected chi connectivity index (χ4v) is 3.74. The van der Waals surface area contributed by atoms with Gasteiger partial charge in [-0.05, 0) is 58.7 Å². The van der Waals surface area contributed by atoms with Gasteiger partial charge in [0.2, 0.25) is 0 Å². The summed E-state index contributed by atoms with van der Waals surface area (Å²) < 4.78 is 5.80. The molecule has 0 aliphatic carbocycles. The van der Waals surface area contributed by atoms with Crippen LogP contribution in [0, 0.1) is 0 Å². The molecule has 1 N–H and O–H groups in total. The van der Waals surface area contributed by atoms with Gasteiger partial charge in [-0.15, -0.1) is 0 Å². The Bertz CT molecular complexity index is 249. The van der Waals surface area contributed by atoms with Crippen molar-refractivity contribution >= 4 is 0 Å². The Balaban J connectivity index is 2.68. The summed E-state index contributed by atoms with van der Waals surface area (Å²) in [5.74, 6) is 0. The Labute approximate surface area is 126 Å². The minimum atomic E-state index is 0.248. The lowest BCUT2D eigenvalue weighted by atomic mass is 9.83. The normalized spacial score (nSPS) is 24.0. The average molecular weight is 284 g/mol. The summed E-state index contributed by atoms with van der Waals surface area (Å²) in [6.07, 6.45) is 6.63. The van der Waals surface area contributed by atoms with Gasteiger partial charge in [0.25, 0.3) is 0 Å². The van der Waals surface area contributed by atoms with E-state index in [0.29, 0.717) is 12.1 Å². The van der Waals surface area contributed by atoms with Crippen LogP contribution in [-0.4, -0.2) is 48.8 Å². The van der Waals surface area contributed by atoms with Crippen LogP contribution in [-0.2, 0) is 4.74 Å². The van der Waals surface area contributed by atoms with Crippen LogP contribution in [0.3, 0.4) is 0 Å². The number of hydrogen-bond acceptors (Lipinski definition) is 3. The van der Waals surface area contributed by atoms with Gasteiger partial charge in [-0.3, -0.25) is 4.90 Å². The van der Waals surface area contributed by atoms with Gasteiger partial charge in [-0.1, -0.05) is 27.7 Å². The maximum absolute atomic E-state index is 5.80. The van der Waals surface area contributed by atoms with Gasteiger partial charge in [-0.25, -0.2) is 0 Å². The van der Waals surface area contributed by atoms with E-state index in [1.54, 1.807) is 0 Å². The molecule has 1 aliphatic rings. The van der Waals surface area contributed by atoms with Crippen molar-refractivity contribution in [3.63, 3.8) is 0 Å². The van der Waals surface area contributed by atoms with E-state index >= 15 is 0 Å². The van der Waals surface area contributed by atoms with Crippen molar-refractivity contribution in [2.24, 2.45) is 0 Å². The molecule has 0 bridgehead atoms. The lowest BCUT2D eigenvalue weighted by Crippen LogP contribution is -2.59. The average Bonchev–Trinajstić information content (AvgIpc) is 2.97. The molecule has 120 valence electrons. The van der Waals surface area contributed by atoms with Gasteiger partial charge < -0.3 is 10.1 Å². The molecule has 3 nitrogen and oxygen atoms in total. The van der Waals surface area contributed by atoms with Gasteiger partial charge >= 0.3 is 0 Å². The lowest BCUT2D eigenvalue weighted by Gasteiger charge is -2.46. The third kappa shape index (κ3) is 4.44. The highest BCUT2D eigenvalue weighted by Crippen LogP contribution is 2.28. The van der Waals surface area contributed by atoms with Crippen LogP contribution in [0.5, 0.6) is 0 Å². The van der Waals surface area contributed by atoms with E-state index in [1.807, 2.05) is 0 Å². The minimum absolute atomic E-state index is 0.248. The molecule has 1 aliphatic heterocycles. The molecular formula is C17H36N2O. The van der Waals surface area contributed by atoms with Crippen molar-refractivity contribution < 1.29 is 4.74 Å². The molecule has 1 saturated heterocycles. The van der Waals surface area contributed by atoms with Crippen LogP contribution >= 0.6 is 0 Å². The number of nitrogens with zero attached hydrogens (tertiary/aromatic N) is 1. The van der Waals surface area contributed by atoms with E-state index in [4.69, 9.17) is 4.74 Å². The summed E-state index contributed by atoms with van der Waals surface area (Å²) in [4.78, 5) is 2.62. The van der Waals surface area contributed by atoms with Crippen molar-refractivity contribution in [1.82, 2.24) is 10.2 Å². The van der Waals surface area contributed by atoms with Crippen LogP contribution in [0.2, 0.25) is 0 Å². The van der Waals surface area contributed by atoms with Crippen molar-refractivity contribution in [2.45, 2.75) is 84.4 Å². The highest BCUT2D eigenvalue weighted by molar-refractivity contribution is 4.96. The molecule has 0 aromatic carbocycles. The standard InChI is InChI=1S/C17H36N2O/c1-6-17(5,19(8-3)9-4)16(18-7-2)13-12-15-11-10-14-20-15/h15-16,18H,6-14H2,1-5H3. The predicted molar refractivity (Wildman–Crippen MR) is 87.3 cm³/mol. The summed E-state index contributed by atoms with van der Waals surface area (Å²) >= 11 is 0. The molecule has 0 saturated carbocycles. The van der Waals surface area contributed by atoms with E-state index in [9.17, 15) is 0 Å². The van der Waals surface area contributed by atoms with E-state index in [2.05, 4.69) is 44.8 Å². The van der Waals surface area contributed by atoms with Crippen LogP contribution in [0.15, 0.2) is 0 Å². The van der Waals surface area contributed by atoms with Crippen molar-refractivity contribution in [3.8, 4) is 0 Å². The molecular weight excluding hydrogens is 248 g/mol. The first-order chi connectivity index (χ1) is 9.62. The Hall–Kier alpha value is -0.120. The second kappa shape index (κ2) is 9.01. The summed E-state index contributed by atoms with van der Waals surface area (Å²) in [6, 6.07) is 0.557. The molecule has 3 unspecified atom stereocenters. The predicted octanol–water partition coefficient (Wildman–Crippen LogP) is 3.43. The topological polar surface area (TPSA) is 24.5 Å². The fourth-order valence-electron chi connectivity index (χ4n) is 3.74. The van der Waals surface area contributed by atoms with E-state index in [0.717, 1.165) is 26.2 Å². The SMILES string of the molecule is CCNC(CCC1CCCO1)C(C)(CC)N(CC)CC. The maximum atomic E-state index is 5.80. The number of likely N-dealkylation sites (N-methyl/N-ethyl adjacent to an activating group) is 2. The molecule has 0 amide bonds. The lowest BCUT2D eigenvalue weighted by molar-refractivity contribution is 0.0523. The summed E-state index contributed by atoms with van der Waals surface area (Å²) in [7, 11) is 0. The molecule has 1 heterocycles. The zero-order valence-electron chi connectivity index (χ0n) is 14.4. The second-order valence-electron chi connectivity index (χ2n) is 6.21. The van der Waals surface area contributed by atoms with E-state index < -0.39 is 0 Å². The number of hydrogen-bond donors (Lipinski definition) is 1. The van der Waals surface area contributed by atoms with E-state index in [1.165, 1.54) is 32.1 Å². The Morgan fingerprint density at radius 3 is 2.40 bits per heavy atom. The highest BCUT2D eigenvalue weighted by atomic mass is 16.5. The molecule has 0 aromatic heterocycles. The van der Waals surface area contributed by atoms with E-state index in [-0.39, 0.29) is 5.54 Å². The molecule has 0 spiro atoms.